The molecule has 5 rings (SSSR count). The molecule has 0 bridgehead atoms. The first kappa shape index (κ1) is 19.1. The number of aromatic nitrogens is 4. The Morgan fingerprint density at radius 2 is 1.61 bits per heavy atom. The van der Waals surface area contributed by atoms with Crippen molar-refractivity contribution in [2.75, 3.05) is 0 Å². The molecule has 5 aromatic rings. The number of hydrogen-bond donors (Lipinski definition) is 0. The molecule has 0 saturated heterocycles. The Morgan fingerprint density at radius 1 is 0.806 bits per heavy atom. The van der Waals surface area contributed by atoms with Gasteiger partial charge >= 0.3 is 0 Å². The van der Waals surface area contributed by atoms with Crippen molar-refractivity contribution < 1.29 is 4.39 Å². The zero-order chi connectivity index (χ0) is 21.4. The molecule has 0 N–H and O–H groups in total. The van der Waals surface area contributed by atoms with Crippen LogP contribution in [0.25, 0.3) is 27.7 Å². The average Bonchev–Trinajstić information content (AvgIpc) is 3.30. The van der Waals surface area contributed by atoms with Gasteiger partial charge in [-0.1, -0.05) is 48.5 Å². The van der Waals surface area contributed by atoms with Gasteiger partial charge in [-0.05, 0) is 55.0 Å². The lowest BCUT2D eigenvalue weighted by Gasteiger charge is -2.22. The van der Waals surface area contributed by atoms with Crippen molar-refractivity contribution in [2.45, 2.75) is 19.3 Å². The van der Waals surface area contributed by atoms with Crippen molar-refractivity contribution in [3.05, 3.63) is 109 Å². The summed E-state index contributed by atoms with van der Waals surface area (Å²) in [4.78, 5) is 8.72. The standard InChI is InChI=1S/C26H21FN4/c1-26(2,24-15-17-31(30-24)22-13-7-16-28-25(22)27)23-14-6-12-21(29-23)20-11-5-9-18-8-3-4-10-19(18)20/h3-17H,1-2H3. The van der Waals surface area contributed by atoms with E-state index >= 15 is 0 Å². The summed E-state index contributed by atoms with van der Waals surface area (Å²) >= 11 is 0. The monoisotopic (exact) mass is 408 g/mol. The number of fused-ring (bicyclic) bond motifs is 1. The first-order chi connectivity index (χ1) is 15.0. The Morgan fingerprint density at radius 3 is 2.48 bits per heavy atom. The molecule has 0 amide bonds. The Labute approximate surface area is 180 Å². The average molecular weight is 408 g/mol. The maximum absolute atomic E-state index is 14.1. The van der Waals surface area contributed by atoms with E-state index in [2.05, 4.69) is 54.3 Å². The lowest BCUT2D eigenvalue weighted by atomic mass is 9.85. The molecule has 4 nitrogen and oxygen atoms in total. The van der Waals surface area contributed by atoms with Crippen molar-refractivity contribution in [3.8, 4) is 16.9 Å². The second-order valence-corrected chi connectivity index (χ2v) is 8.02. The topological polar surface area (TPSA) is 43.6 Å². The van der Waals surface area contributed by atoms with Crippen LogP contribution in [-0.4, -0.2) is 19.7 Å². The van der Waals surface area contributed by atoms with Crippen molar-refractivity contribution in [2.24, 2.45) is 0 Å². The van der Waals surface area contributed by atoms with E-state index < -0.39 is 11.4 Å². The molecule has 2 aromatic carbocycles. The Hall–Kier alpha value is -3.86. The number of nitrogens with zero attached hydrogens (tertiary/aromatic N) is 4. The van der Waals surface area contributed by atoms with Crippen molar-refractivity contribution >= 4 is 10.8 Å². The summed E-state index contributed by atoms with van der Waals surface area (Å²) in [5.41, 5.74) is 3.57. The summed E-state index contributed by atoms with van der Waals surface area (Å²) in [7, 11) is 0. The predicted octanol–water partition coefficient (Wildman–Crippen LogP) is 5.95. The highest BCUT2D eigenvalue weighted by molar-refractivity contribution is 5.95. The van der Waals surface area contributed by atoms with Gasteiger partial charge in [0.05, 0.1) is 22.5 Å². The molecule has 3 aromatic heterocycles. The van der Waals surface area contributed by atoms with Gasteiger partial charge < -0.3 is 0 Å². The fourth-order valence-corrected chi connectivity index (χ4v) is 3.85. The molecule has 0 fully saturated rings. The number of rotatable bonds is 4. The molecule has 0 aliphatic rings. The molecule has 5 heteroatoms. The van der Waals surface area contributed by atoms with E-state index in [-0.39, 0.29) is 0 Å². The number of halogens is 1. The molecule has 0 saturated carbocycles. The highest BCUT2D eigenvalue weighted by atomic mass is 19.1. The largest absolute Gasteiger partial charge is 0.252 e. The lowest BCUT2D eigenvalue weighted by molar-refractivity contribution is 0.557. The highest BCUT2D eigenvalue weighted by Crippen LogP contribution is 2.33. The second kappa shape index (κ2) is 7.43. The van der Waals surface area contributed by atoms with E-state index in [9.17, 15) is 4.39 Å². The Balaban J connectivity index is 1.56. The van der Waals surface area contributed by atoms with Gasteiger partial charge in [0, 0.05) is 18.0 Å². The molecular formula is C26H21FN4. The maximum Gasteiger partial charge on any atom is 0.238 e. The number of pyridine rings is 2. The molecule has 0 aliphatic heterocycles. The maximum atomic E-state index is 14.1. The van der Waals surface area contributed by atoms with Gasteiger partial charge in [-0.2, -0.15) is 9.49 Å². The van der Waals surface area contributed by atoms with Gasteiger partial charge in [0.2, 0.25) is 5.95 Å². The molecule has 3 heterocycles. The smallest absolute Gasteiger partial charge is 0.238 e. The van der Waals surface area contributed by atoms with Gasteiger partial charge in [-0.15, -0.1) is 0 Å². The van der Waals surface area contributed by atoms with Crippen molar-refractivity contribution in [1.29, 1.82) is 0 Å². The summed E-state index contributed by atoms with van der Waals surface area (Å²) < 4.78 is 15.6. The molecule has 0 aliphatic carbocycles. The lowest BCUT2D eigenvalue weighted by Crippen LogP contribution is -2.22. The van der Waals surface area contributed by atoms with Crippen LogP contribution in [0.5, 0.6) is 0 Å². The van der Waals surface area contributed by atoms with E-state index in [0.717, 1.165) is 22.6 Å². The van der Waals surface area contributed by atoms with Crippen LogP contribution >= 0.6 is 0 Å². The third-order valence-electron chi connectivity index (χ3n) is 5.67. The number of hydrogen-bond acceptors (Lipinski definition) is 3. The van der Waals surface area contributed by atoms with Crippen molar-refractivity contribution in [1.82, 2.24) is 19.7 Å². The molecular weight excluding hydrogens is 387 g/mol. The third kappa shape index (κ3) is 3.38. The van der Waals surface area contributed by atoms with Gasteiger partial charge in [0.15, 0.2) is 0 Å². The van der Waals surface area contributed by atoms with Crippen LogP contribution < -0.4 is 0 Å². The van der Waals surface area contributed by atoms with Gasteiger partial charge in [-0.3, -0.25) is 4.98 Å². The first-order valence-corrected chi connectivity index (χ1v) is 10.2. The number of benzene rings is 2. The third-order valence-corrected chi connectivity index (χ3v) is 5.67. The van der Waals surface area contributed by atoms with E-state index in [1.807, 2.05) is 36.4 Å². The first-order valence-electron chi connectivity index (χ1n) is 10.2. The molecule has 0 unspecified atom stereocenters. The van der Waals surface area contributed by atoms with Gasteiger partial charge in [0.25, 0.3) is 0 Å². The summed E-state index contributed by atoms with van der Waals surface area (Å²) in [6.45, 7) is 4.16. The van der Waals surface area contributed by atoms with Crippen LogP contribution in [0.2, 0.25) is 0 Å². The zero-order valence-corrected chi connectivity index (χ0v) is 17.3. The molecule has 0 radical (unpaired) electrons. The van der Waals surface area contributed by atoms with Crippen LogP contribution in [0.4, 0.5) is 4.39 Å². The normalized spacial score (nSPS) is 11.7. The summed E-state index contributed by atoms with van der Waals surface area (Å²) in [6, 6.07) is 25.9. The van der Waals surface area contributed by atoms with Crippen LogP contribution in [-0.2, 0) is 5.41 Å². The second-order valence-electron chi connectivity index (χ2n) is 8.02. The van der Waals surface area contributed by atoms with Crippen LogP contribution in [0.1, 0.15) is 25.2 Å². The predicted molar refractivity (Wildman–Crippen MR) is 121 cm³/mol. The Kier molecular flexibility index (Phi) is 4.59. The molecule has 152 valence electrons. The highest BCUT2D eigenvalue weighted by Gasteiger charge is 2.28. The molecule has 31 heavy (non-hydrogen) atoms. The van der Waals surface area contributed by atoms with Gasteiger partial charge in [0.1, 0.15) is 5.69 Å². The molecule has 0 spiro atoms. The van der Waals surface area contributed by atoms with Gasteiger partial charge in [-0.25, -0.2) is 9.67 Å². The van der Waals surface area contributed by atoms with E-state index in [0.29, 0.717) is 5.69 Å². The minimum Gasteiger partial charge on any atom is -0.252 e. The van der Waals surface area contributed by atoms with Crippen LogP contribution in [0, 0.1) is 5.95 Å². The summed E-state index contributed by atoms with van der Waals surface area (Å²) in [6.07, 6.45) is 3.18. The van der Waals surface area contributed by atoms with E-state index in [4.69, 9.17) is 4.98 Å². The van der Waals surface area contributed by atoms with Crippen molar-refractivity contribution in [3.63, 3.8) is 0 Å². The van der Waals surface area contributed by atoms with Crippen LogP contribution in [0.3, 0.4) is 0 Å². The summed E-state index contributed by atoms with van der Waals surface area (Å²) in [5, 5.41) is 6.99. The minimum absolute atomic E-state index is 0.321. The quantitative estimate of drug-likeness (QED) is 0.345. The van der Waals surface area contributed by atoms with E-state index in [1.165, 1.54) is 21.7 Å². The SMILES string of the molecule is CC(C)(c1cccc(-c2cccc3ccccc23)n1)c1ccn(-c2cccnc2F)n1. The fraction of sp³-hybridized carbons (Fsp3) is 0.115. The summed E-state index contributed by atoms with van der Waals surface area (Å²) in [5.74, 6) is -0.550. The van der Waals surface area contributed by atoms with Crippen LogP contribution in [0.15, 0.2) is 91.3 Å². The molecule has 0 atom stereocenters. The Bertz CT molecular complexity index is 1380. The van der Waals surface area contributed by atoms with E-state index in [1.54, 1.807) is 18.3 Å². The fourth-order valence-electron chi connectivity index (χ4n) is 3.85. The minimum atomic E-state index is -0.550. The zero-order valence-electron chi connectivity index (χ0n) is 17.3.